The van der Waals surface area contributed by atoms with Gasteiger partial charge in [0.05, 0.1) is 28.5 Å². The van der Waals surface area contributed by atoms with Crippen LogP contribution in [0.2, 0.25) is 0 Å². The van der Waals surface area contributed by atoms with Gasteiger partial charge in [0, 0.05) is 17.2 Å². The second-order valence-electron chi connectivity index (χ2n) is 4.99. The molecule has 0 saturated heterocycles. The number of carboxylic acid groups (broad SMARTS) is 1. The number of carbonyl (C=O) groups is 2. The van der Waals surface area contributed by atoms with Crippen LogP contribution < -0.4 is 5.32 Å². The summed E-state index contributed by atoms with van der Waals surface area (Å²) >= 11 is 3.32. The second-order valence-corrected chi connectivity index (χ2v) is 5.84. The molecule has 3 rings (SSSR count). The first-order chi connectivity index (χ1) is 11.0. The first-order valence-corrected chi connectivity index (χ1v) is 7.51. The van der Waals surface area contributed by atoms with Crippen molar-refractivity contribution in [1.29, 1.82) is 0 Å². The van der Waals surface area contributed by atoms with Crippen LogP contribution in [0.25, 0.3) is 11.0 Å². The van der Waals surface area contributed by atoms with Gasteiger partial charge in [0.2, 0.25) is 0 Å². The van der Waals surface area contributed by atoms with Gasteiger partial charge in [0.25, 0.3) is 5.91 Å². The highest BCUT2D eigenvalue weighted by Crippen LogP contribution is 2.24. The lowest BCUT2D eigenvalue weighted by atomic mass is 10.1. The second kappa shape index (κ2) is 5.85. The number of halogens is 1. The van der Waals surface area contributed by atoms with E-state index in [1.165, 1.54) is 12.4 Å². The van der Waals surface area contributed by atoms with Crippen LogP contribution in [-0.4, -0.2) is 26.5 Å². The maximum absolute atomic E-state index is 12.3. The van der Waals surface area contributed by atoms with Crippen molar-refractivity contribution in [3.8, 4) is 0 Å². The molecule has 0 radical (unpaired) electrons. The molecule has 0 unspecified atom stereocenters. The molecule has 7 heteroatoms. The topological polar surface area (TPSA) is 84.2 Å². The van der Waals surface area contributed by atoms with E-state index < -0.39 is 5.97 Å². The van der Waals surface area contributed by atoms with E-state index in [0.717, 1.165) is 0 Å². The number of benzene rings is 2. The molecule has 0 fully saturated rings. The number of nitrogens with one attached hydrogen (secondary N) is 1. The lowest BCUT2D eigenvalue weighted by molar-refractivity contribution is 0.0698. The third-order valence-electron chi connectivity index (χ3n) is 3.42. The quantitative estimate of drug-likeness (QED) is 0.737. The van der Waals surface area contributed by atoms with Crippen LogP contribution in [0.5, 0.6) is 0 Å². The average molecular weight is 374 g/mol. The van der Waals surface area contributed by atoms with Gasteiger partial charge in [0.15, 0.2) is 0 Å². The summed E-state index contributed by atoms with van der Waals surface area (Å²) in [5.41, 5.74) is 1.95. The molecular weight excluding hydrogens is 362 g/mol. The lowest BCUT2D eigenvalue weighted by Crippen LogP contribution is -2.13. The van der Waals surface area contributed by atoms with Gasteiger partial charge in [-0.3, -0.25) is 4.79 Å². The number of fused-ring (bicyclic) bond motifs is 1. The molecule has 0 spiro atoms. The highest BCUT2D eigenvalue weighted by atomic mass is 79.9. The average Bonchev–Trinajstić information content (AvgIpc) is 2.88. The summed E-state index contributed by atoms with van der Waals surface area (Å²) in [5, 5.41) is 12.1. The van der Waals surface area contributed by atoms with E-state index in [4.69, 9.17) is 0 Å². The number of imidazole rings is 1. The fourth-order valence-corrected chi connectivity index (χ4v) is 2.84. The summed E-state index contributed by atoms with van der Waals surface area (Å²) in [6.07, 6.45) is 1.54. The normalized spacial score (nSPS) is 10.7. The molecule has 1 amide bonds. The van der Waals surface area contributed by atoms with Crippen molar-refractivity contribution >= 4 is 44.5 Å². The molecule has 1 aromatic heterocycles. The number of hydrogen-bond donors (Lipinski definition) is 2. The van der Waals surface area contributed by atoms with E-state index in [2.05, 4.69) is 26.2 Å². The van der Waals surface area contributed by atoms with E-state index in [1.807, 2.05) is 6.07 Å². The highest BCUT2D eigenvalue weighted by Gasteiger charge is 2.16. The number of hydrogen-bond acceptors (Lipinski definition) is 3. The van der Waals surface area contributed by atoms with Gasteiger partial charge in [-0.05, 0) is 40.2 Å². The van der Waals surface area contributed by atoms with E-state index in [1.54, 1.807) is 35.9 Å². The van der Waals surface area contributed by atoms with Crippen molar-refractivity contribution in [1.82, 2.24) is 9.55 Å². The predicted octanol–water partition coefficient (Wildman–Crippen LogP) is 3.29. The Morgan fingerprint density at radius 2 is 1.96 bits per heavy atom. The lowest BCUT2D eigenvalue weighted by Gasteiger charge is -2.09. The third-order valence-corrected chi connectivity index (χ3v) is 4.11. The molecule has 0 bridgehead atoms. The molecule has 0 aliphatic carbocycles. The van der Waals surface area contributed by atoms with E-state index in [0.29, 0.717) is 26.8 Å². The number of anilines is 1. The molecule has 0 atom stereocenters. The van der Waals surface area contributed by atoms with Gasteiger partial charge >= 0.3 is 5.97 Å². The van der Waals surface area contributed by atoms with Crippen LogP contribution in [0.3, 0.4) is 0 Å². The number of amides is 1. The largest absolute Gasteiger partial charge is 0.478 e. The fraction of sp³-hybridized carbons (Fsp3) is 0.0625. The number of aromatic carboxylic acids is 1. The minimum absolute atomic E-state index is 0.0879. The zero-order valence-corrected chi connectivity index (χ0v) is 13.7. The third kappa shape index (κ3) is 2.83. The summed E-state index contributed by atoms with van der Waals surface area (Å²) in [6.45, 7) is 0. The molecule has 1 heterocycles. The van der Waals surface area contributed by atoms with Crippen LogP contribution in [-0.2, 0) is 7.05 Å². The maximum Gasteiger partial charge on any atom is 0.337 e. The van der Waals surface area contributed by atoms with Crippen LogP contribution in [0.1, 0.15) is 20.7 Å². The van der Waals surface area contributed by atoms with Crippen molar-refractivity contribution in [2.75, 3.05) is 5.32 Å². The van der Waals surface area contributed by atoms with Crippen molar-refractivity contribution in [2.45, 2.75) is 0 Å². The van der Waals surface area contributed by atoms with Gasteiger partial charge in [-0.1, -0.05) is 12.1 Å². The number of nitrogens with zero attached hydrogens (tertiary/aromatic N) is 2. The van der Waals surface area contributed by atoms with Gasteiger partial charge < -0.3 is 15.0 Å². The Morgan fingerprint density at radius 1 is 1.22 bits per heavy atom. The molecule has 0 aliphatic rings. The summed E-state index contributed by atoms with van der Waals surface area (Å²) in [5.74, 6) is -1.40. The van der Waals surface area contributed by atoms with Crippen molar-refractivity contribution in [3.63, 3.8) is 0 Å². The minimum Gasteiger partial charge on any atom is -0.478 e. The number of rotatable bonds is 3. The molecule has 23 heavy (non-hydrogen) atoms. The highest BCUT2D eigenvalue weighted by molar-refractivity contribution is 9.10. The Balaban J connectivity index is 2.02. The molecule has 2 aromatic carbocycles. The molecule has 0 saturated carbocycles. The van der Waals surface area contributed by atoms with E-state index in [9.17, 15) is 14.7 Å². The van der Waals surface area contributed by atoms with E-state index in [-0.39, 0.29) is 11.5 Å². The number of aromatic nitrogens is 2. The Kier molecular flexibility index (Phi) is 3.87. The minimum atomic E-state index is -1.07. The number of carbonyl (C=O) groups excluding carboxylic acids is 1. The first-order valence-electron chi connectivity index (χ1n) is 6.71. The summed E-state index contributed by atoms with van der Waals surface area (Å²) in [7, 11) is 1.72. The molecular formula is C16H12BrN3O3. The van der Waals surface area contributed by atoms with Gasteiger partial charge in [0.1, 0.15) is 0 Å². The van der Waals surface area contributed by atoms with Crippen LogP contribution in [0, 0.1) is 0 Å². The monoisotopic (exact) mass is 373 g/mol. The molecule has 3 aromatic rings. The Hall–Kier alpha value is -2.67. The molecule has 0 aliphatic heterocycles. The fourth-order valence-electron chi connectivity index (χ4n) is 2.37. The number of aryl methyl sites for hydroxylation is 1. The van der Waals surface area contributed by atoms with Crippen LogP contribution in [0.15, 0.2) is 47.2 Å². The van der Waals surface area contributed by atoms with Crippen molar-refractivity contribution < 1.29 is 14.7 Å². The van der Waals surface area contributed by atoms with Crippen molar-refractivity contribution in [3.05, 3.63) is 58.3 Å². The smallest absolute Gasteiger partial charge is 0.337 e. The van der Waals surface area contributed by atoms with Crippen LogP contribution >= 0.6 is 15.9 Å². The maximum atomic E-state index is 12.3. The standard InChI is InChI=1S/C16H12BrN3O3/c1-20-8-18-13-7-9(6-11(14(13)20)16(22)23)19-15(21)10-4-2-3-5-12(10)17/h2-8H,1H3,(H,19,21)(H,22,23). The van der Waals surface area contributed by atoms with Gasteiger partial charge in [-0.15, -0.1) is 0 Å². The molecule has 6 nitrogen and oxygen atoms in total. The van der Waals surface area contributed by atoms with Gasteiger partial charge in [-0.2, -0.15) is 0 Å². The zero-order chi connectivity index (χ0) is 16.6. The Labute approximate surface area is 139 Å². The Morgan fingerprint density at radius 3 is 2.65 bits per heavy atom. The summed E-state index contributed by atoms with van der Waals surface area (Å²) in [6, 6.07) is 10.1. The Bertz CT molecular complexity index is 933. The zero-order valence-electron chi connectivity index (χ0n) is 12.1. The van der Waals surface area contributed by atoms with Crippen molar-refractivity contribution in [2.24, 2.45) is 7.05 Å². The van der Waals surface area contributed by atoms with Crippen LogP contribution in [0.4, 0.5) is 5.69 Å². The molecule has 2 N–H and O–H groups in total. The van der Waals surface area contributed by atoms with Gasteiger partial charge in [-0.25, -0.2) is 9.78 Å². The molecule has 116 valence electrons. The van der Waals surface area contributed by atoms with E-state index >= 15 is 0 Å². The first kappa shape index (κ1) is 15.2. The predicted molar refractivity (Wildman–Crippen MR) is 89.8 cm³/mol. The SMILES string of the molecule is Cn1cnc2cc(NC(=O)c3ccccc3Br)cc(C(=O)O)c21. The summed E-state index contributed by atoms with van der Waals surface area (Å²) in [4.78, 5) is 28.0. The number of carboxylic acids is 1. The summed E-state index contributed by atoms with van der Waals surface area (Å²) < 4.78 is 2.30.